The van der Waals surface area contributed by atoms with Crippen molar-refractivity contribution in [1.29, 1.82) is 0 Å². The highest BCUT2D eigenvalue weighted by Crippen LogP contribution is 2.24. The van der Waals surface area contributed by atoms with Gasteiger partial charge in [0, 0.05) is 24.2 Å². The molecule has 1 aliphatic rings. The number of anilines is 1. The van der Waals surface area contributed by atoms with E-state index >= 15 is 0 Å². The van der Waals surface area contributed by atoms with Gasteiger partial charge in [-0.1, -0.05) is 23.4 Å². The number of rotatable bonds is 6. The number of nitrogens with one attached hydrogen (secondary N) is 1. The first kappa shape index (κ1) is 19.2. The Hall–Kier alpha value is -1.58. The van der Waals surface area contributed by atoms with E-state index in [2.05, 4.69) is 15.5 Å². The summed E-state index contributed by atoms with van der Waals surface area (Å²) >= 11 is 7.11. The van der Waals surface area contributed by atoms with Gasteiger partial charge >= 0.3 is 0 Å². The van der Waals surface area contributed by atoms with E-state index in [1.54, 1.807) is 24.3 Å². The lowest BCUT2D eigenvalue weighted by Gasteiger charge is -2.08. The second kappa shape index (κ2) is 7.98. The SMILES string of the molecule is Cn1c(CC2CCS(=O)(=O)C2)nnc1SCC(=O)Nc1ccc(Cl)cc1. The van der Waals surface area contributed by atoms with Crippen LogP contribution in [-0.2, 0) is 28.1 Å². The van der Waals surface area contributed by atoms with E-state index in [0.29, 0.717) is 28.7 Å². The molecule has 140 valence electrons. The maximum absolute atomic E-state index is 12.0. The molecule has 0 aliphatic carbocycles. The monoisotopic (exact) mass is 414 g/mol. The van der Waals surface area contributed by atoms with Gasteiger partial charge in [-0.25, -0.2) is 8.42 Å². The molecule has 2 heterocycles. The molecule has 1 amide bonds. The second-order valence-electron chi connectivity index (χ2n) is 6.27. The van der Waals surface area contributed by atoms with Crippen LogP contribution in [0.4, 0.5) is 5.69 Å². The Kier molecular flexibility index (Phi) is 5.89. The number of nitrogens with zero attached hydrogens (tertiary/aromatic N) is 3. The van der Waals surface area contributed by atoms with Crippen LogP contribution in [0.2, 0.25) is 5.02 Å². The molecule has 10 heteroatoms. The van der Waals surface area contributed by atoms with Crippen LogP contribution in [0.5, 0.6) is 0 Å². The van der Waals surface area contributed by atoms with Crippen molar-refractivity contribution in [1.82, 2.24) is 14.8 Å². The van der Waals surface area contributed by atoms with Crippen molar-refractivity contribution in [3.8, 4) is 0 Å². The van der Waals surface area contributed by atoms with Gasteiger partial charge in [-0.2, -0.15) is 0 Å². The third-order valence-electron chi connectivity index (χ3n) is 4.18. The fraction of sp³-hybridized carbons (Fsp3) is 0.438. The van der Waals surface area contributed by atoms with Crippen molar-refractivity contribution in [2.24, 2.45) is 13.0 Å². The van der Waals surface area contributed by atoms with Gasteiger partial charge in [0.25, 0.3) is 0 Å². The van der Waals surface area contributed by atoms with E-state index in [1.807, 2.05) is 11.6 Å². The lowest BCUT2D eigenvalue weighted by Crippen LogP contribution is -2.14. The van der Waals surface area contributed by atoms with Crippen molar-refractivity contribution < 1.29 is 13.2 Å². The molecule has 1 unspecified atom stereocenters. The minimum Gasteiger partial charge on any atom is -0.325 e. The predicted molar refractivity (Wildman–Crippen MR) is 102 cm³/mol. The molecule has 1 fully saturated rings. The van der Waals surface area contributed by atoms with Crippen LogP contribution >= 0.6 is 23.4 Å². The highest BCUT2D eigenvalue weighted by molar-refractivity contribution is 7.99. The summed E-state index contributed by atoms with van der Waals surface area (Å²) in [5.41, 5.74) is 0.682. The molecule has 1 saturated heterocycles. The molecule has 0 radical (unpaired) electrons. The van der Waals surface area contributed by atoms with E-state index in [9.17, 15) is 13.2 Å². The highest BCUT2D eigenvalue weighted by atomic mass is 35.5. The molecule has 1 aromatic heterocycles. The molecule has 1 N–H and O–H groups in total. The maximum atomic E-state index is 12.0. The van der Waals surface area contributed by atoms with Crippen LogP contribution in [-0.4, -0.2) is 46.3 Å². The van der Waals surface area contributed by atoms with Gasteiger partial charge in [-0.15, -0.1) is 10.2 Å². The average Bonchev–Trinajstić information content (AvgIpc) is 3.11. The topological polar surface area (TPSA) is 93.9 Å². The van der Waals surface area contributed by atoms with Gasteiger partial charge in [-0.05, 0) is 36.6 Å². The number of carbonyl (C=O) groups is 1. The minimum atomic E-state index is -2.90. The molecule has 1 aliphatic heterocycles. The quantitative estimate of drug-likeness (QED) is 0.728. The van der Waals surface area contributed by atoms with Gasteiger partial charge in [-0.3, -0.25) is 4.79 Å². The lowest BCUT2D eigenvalue weighted by atomic mass is 10.1. The van der Waals surface area contributed by atoms with Crippen molar-refractivity contribution in [2.75, 3.05) is 22.6 Å². The molecule has 0 bridgehead atoms. The van der Waals surface area contributed by atoms with E-state index in [4.69, 9.17) is 11.6 Å². The number of benzene rings is 1. The van der Waals surface area contributed by atoms with E-state index in [1.165, 1.54) is 11.8 Å². The number of sulfone groups is 1. The first-order valence-electron chi connectivity index (χ1n) is 8.09. The molecule has 7 nitrogen and oxygen atoms in total. The highest BCUT2D eigenvalue weighted by Gasteiger charge is 2.29. The van der Waals surface area contributed by atoms with Crippen LogP contribution in [0.25, 0.3) is 0 Å². The van der Waals surface area contributed by atoms with Gasteiger partial charge < -0.3 is 9.88 Å². The average molecular weight is 415 g/mol. The molecular formula is C16H19ClN4O3S2. The number of aromatic nitrogens is 3. The van der Waals surface area contributed by atoms with E-state index in [0.717, 1.165) is 5.82 Å². The van der Waals surface area contributed by atoms with E-state index < -0.39 is 9.84 Å². The summed E-state index contributed by atoms with van der Waals surface area (Å²) in [5.74, 6) is 1.35. The maximum Gasteiger partial charge on any atom is 0.234 e. The smallest absolute Gasteiger partial charge is 0.234 e. The normalized spacial score (nSPS) is 18.8. The zero-order valence-corrected chi connectivity index (χ0v) is 16.6. The van der Waals surface area contributed by atoms with Crippen molar-refractivity contribution in [3.05, 3.63) is 35.1 Å². The molecule has 1 atom stereocenters. The van der Waals surface area contributed by atoms with Crippen LogP contribution in [0.3, 0.4) is 0 Å². The second-order valence-corrected chi connectivity index (χ2v) is 9.88. The zero-order chi connectivity index (χ0) is 18.7. The van der Waals surface area contributed by atoms with Gasteiger partial charge in [0.1, 0.15) is 5.82 Å². The molecule has 0 saturated carbocycles. The zero-order valence-electron chi connectivity index (χ0n) is 14.2. The van der Waals surface area contributed by atoms with Crippen LogP contribution in [0.1, 0.15) is 12.2 Å². The van der Waals surface area contributed by atoms with Gasteiger partial charge in [0.15, 0.2) is 15.0 Å². The molecule has 3 rings (SSSR count). The number of thioether (sulfide) groups is 1. The molecule has 2 aromatic rings. The third-order valence-corrected chi connectivity index (χ3v) is 7.29. The Morgan fingerprint density at radius 2 is 2.08 bits per heavy atom. The van der Waals surface area contributed by atoms with Crippen molar-refractivity contribution in [2.45, 2.75) is 18.0 Å². The number of amides is 1. The first-order chi connectivity index (χ1) is 12.3. The fourth-order valence-corrected chi connectivity index (χ4v) is 5.52. The fourth-order valence-electron chi connectivity index (χ4n) is 2.80. The van der Waals surface area contributed by atoms with Gasteiger partial charge in [0.2, 0.25) is 5.91 Å². The summed E-state index contributed by atoms with van der Waals surface area (Å²) in [6.45, 7) is 0. The van der Waals surface area contributed by atoms with Crippen LogP contribution in [0, 0.1) is 5.92 Å². The Labute approximate surface area is 161 Å². The summed E-state index contributed by atoms with van der Waals surface area (Å²) in [6.07, 6.45) is 1.25. The summed E-state index contributed by atoms with van der Waals surface area (Å²) < 4.78 is 25.0. The Morgan fingerprint density at radius 3 is 2.73 bits per heavy atom. The summed E-state index contributed by atoms with van der Waals surface area (Å²) in [4.78, 5) is 12.0. The summed E-state index contributed by atoms with van der Waals surface area (Å²) in [5, 5.41) is 12.3. The van der Waals surface area contributed by atoms with Crippen molar-refractivity contribution in [3.63, 3.8) is 0 Å². The minimum absolute atomic E-state index is 0.0916. The van der Waals surface area contributed by atoms with E-state index in [-0.39, 0.29) is 29.1 Å². The number of hydrogen-bond acceptors (Lipinski definition) is 6. The van der Waals surface area contributed by atoms with Crippen molar-refractivity contribution >= 4 is 44.8 Å². The number of hydrogen-bond donors (Lipinski definition) is 1. The van der Waals surface area contributed by atoms with Crippen LogP contribution in [0.15, 0.2) is 29.4 Å². The number of carbonyl (C=O) groups excluding carboxylic acids is 1. The Morgan fingerprint density at radius 1 is 1.35 bits per heavy atom. The molecule has 1 aromatic carbocycles. The summed E-state index contributed by atoms with van der Waals surface area (Å²) in [6, 6.07) is 6.90. The molecular weight excluding hydrogens is 396 g/mol. The Balaban J connectivity index is 1.53. The largest absolute Gasteiger partial charge is 0.325 e. The number of halogens is 1. The molecule has 0 spiro atoms. The summed E-state index contributed by atoms with van der Waals surface area (Å²) in [7, 11) is -1.07. The third kappa shape index (κ3) is 4.99. The predicted octanol–water partition coefficient (Wildman–Crippen LogP) is 2.18. The lowest BCUT2D eigenvalue weighted by molar-refractivity contribution is -0.113. The standard InChI is InChI=1S/C16H19ClN4O3S2/c1-21-14(8-11-6-7-26(23,24)10-11)19-20-16(21)25-9-15(22)18-13-4-2-12(17)3-5-13/h2-5,11H,6-10H2,1H3,(H,18,22). The first-order valence-corrected chi connectivity index (χ1v) is 11.3. The van der Waals surface area contributed by atoms with Gasteiger partial charge in [0.05, 0.1) is 17.3 Å². The van der Waals surface area contributed by atoms with Crippen LogP contribution < -0.4 is 5.32 Å². The Bertz CT molecular complexity index is 897. The molecule has 26 heavy (non-hydrogen) atoms.